The molecular formula is C19H30N4O4S. The molecule has 1 aromatic rings. The Labute approximate surface area is 166 Å². The lowest BCUT2D eigenvalue weighted by Crippen LogP contribution is -2.48. The summed E-state index contributed by atoms with van der Waals surface area (Å²) in [6.07, 6.45) is 5.03. The van der Waals surface area contributed by atoms with E-state index in [4.69, 9.17) is 4.74 Å². The van der Waals surface area contributed by atoms with E-state index in [0.29, 0.717) is 24.2 Å². The molecule has 0 aromatic carbocycles. The van der Waals surface area contributed by atoms with Crippen molar-refractivity contribution >= 4 is 21.6 Å². The normalized spacial score (nSPS) is 27.1. The number of aryl methyl sites for hydroxylation is 1. The molecule has 28 heavy (non-hydrogen) atoms. The minimum atomic E-state index is -3.01. The maximum atomic E-state index is 12.7. The van der Waals surface area contributed by atoms with Crippen LogP contribution < -0.4 is 5.32 Å². The Morgan fingerprint density at radius 2 is 2.14 bits per heavy atom. The minimum absolute atomic E-state index is 0.0638. The molecule has 1 aromatic heterocycles. The summed E-state index contributed by atoms with van der Waals surface area (Å²) in [6.45, 7) is 5.74. The predicted octanol–water partition coefficient (Wildman–Crippen LogP) is 1.38. The quantitative estimate of drug-likeness (QED) is 0.806. The summed E-state index contributed by atoms with van der Waals surface area (Å²) in [4.78, 5) is 15.0. The average Bonchev–Trinajstić information content (AvgIpc) is 3.17. The van der Waals surface area contributed by atoms with Gasteiger partial charge in [-0.2, -0.15) is 5.10 Å². The molecule has 3 saturated heterocycles. The number of anilines is 1. The molecule has 8 nitrogen and oxygen atoms in total. The number of piperidine rings is 1. The summed E-state index contributed by atoms with van der Waals surface area (Å²) in [6, 6.07) is 1.62. The number of nitrogens with zero attached hydrogens (tertiary/aromatic N) is 3. The number of nitrogens with one attached hydrogen (secondary N) is 1. The second-order valence-corrected chi connectivity index (χ2v) is 10.9. The highest BCUT2D eigenvalue weighted by Gasteiger charge is 2.37. The fourth-order valence-electron chi connectivity index (χ4n) is 4.90. The van der Waals surface area contributed by atoms with Gasteiger partial charge in [0.25, 0.3) is 0 Å². The first-order chi connectivity index (χ1) is 13.3. The van der Waals surface area contributed by atoms with E-state index in [2.05, 4.69) is 15.3 Å². The maximum Gasteiger partial charge on any atom is 0.239 e. The number of amides is 1. The van der Waals surface area contributed by atoms with Crippen LogP contribution in [0.3, 0.4) is 0 Å². The number of ether oxygens (including phenoxy) is 1. The molecule has 9 heteroatoms. The standard InChI is InChI=1S/C19H30N4O4S/c1-15-11-17(23(21-15)16-3-10-28(25,26)13-16)20-18(24)12-22-7-2-4-19(14-22)5-8-27-9-6-19/h11,16H,2-10,12-14H2,1H3,(H,20,24). The van der Waals surface area contributed by atoms with Gasteiger partial charge in [0.1, 0.15) is 5.82 Å². The van der Waals surface area contributed by atoms with Crippen molar-refractivity contribution < 1.29 is 17.9 Å². The fourth-order valence-corrected chi connectivity index (χ4v) is 6.59. The van der Waals surface area contributed by atoms with Crippen molar-refractivity contribution in [1.82, 2.24) is 14.7 Å². The van der Waals surface area contributed by atoms with Crippen LogP contribution in [0.4, 0.5) is 5.82 Å². The molecule has 0 saturated carbocycles. The van der Waals surface area contributed by atoms with Gasteiger partial charge in [0.15, 0.2) is 9.84 Å². The van der Waals surface area contributed by atoms with Crippen LogP contribution in [0.15, 0.2) is 6.07 Å². The number of hydrogen-bond acceptors (Lipinski definition) is 6. The van der Waals surface area contributed by atoms with E-state index in [0.717, 1.165) is 51.3 Å². The zero-order chi connectivity index (χ0) is 19.8. The van der Waals surface area contributed by atoms with E-state index in [1.54, 1.807) is 4.68 Å². The summed E-state index contributed by atoms with van der Waals surface area (Å²) in [7, 11) is -3.01. The van der Waals surface area contributed by atoms with Gasteiger partial charge >= 0.3 is 0 Å². The molecular weight excluding hydrogens is 380 g/mol. The molecule has 156 valence electrons. The second-order valence-electron chi connectivity index (χ2n) is 8.65. The number of carbonyl (C=O) groups is 1. The number of sulfone groups is 1. The molecule has 3 fully saturated rings. The first-order valence-electron chi connectivity index (χ1n) is 10.2. The monoisotopic (exact) mass is 410 g/mol. The summed E-state index contributed by atoms with van der Waals surface area (Å²) < 4.78 is 30.9. The Bertz CT molecular complexity index is 823. The van der Waals surface area contributed by atoms with Crippen molar-refractivity contribution in [1.29, 1.82) is 0 Å². The van der Waals surface area contributed by atoms with Gasteiger partial charge < -0.3 is 10.1 Å². The van der Waals surface area contributed by atoms with Crippen molar-refractivity contribution in [2.45, 2.75) is 45.1 Å². The molecule has 1 atom stereocenters. The van der Waals surface area contributed by atoms with Gasteiger partial charge in [0.2, 0.25) is 5.91 Å². The molecule has 1 spiro atoms. The van der Waals surface area contributed by atoms with Crippen LogP contribution in [0.2, 0.25) is 0 Å². The molecule has 0 aliphatic carbocycles. The van der Waals surface area contributed by atoms with Gasteiger partial charge in [-0.3, -0.25) is 9.69 Å². The maximum absolute atomic E-state index is 12.7. The van der Waals surface area contributed by atoms with E-state index in [1.165, 1.54) is 6.42 Å². The van der Waals surface area contributed by atoms with Crippen LogP contribution >= 0.6 is 0 Å². The van der Waals surface area contributed by atoms with E-state index in [1.807, 2.05) is 13.0 Å². The predicted molar refractivity (Wildman–Crippen MR) is 106 cm³/mol. The molecule has 1 N–H and O–H groups in total. The number of aromatic nitrogens is 2. The Kier molecular flexibility index (Phi) is 5.50. The molecule has 0 bridgehead atoms. The van der Waals surface area contributed by atoms with Gasteiger partial charge in [0.05, 0.1) is 29.8 Å². The van der Waals surface area contributed by atoms with Gasteiger partial charge in [-0.1, -0.05) is 0 Å². The number of carbonyl (C=O) groups excluding carboxylic acids is 1. The topological polar surface area (TPSA) is 93.5 Å². The lowest BCUT2D eigenvalue weighted by atomic mass is 9.74. The second kappa shape index (κ2) is 7.76. The van der Waals surface area contributed by atoms with Crippen LogP contribution in [0, 0.1) is 12.3 Å². The van der Waals surface area contributed by atoms with Gasteiger partial charge in [-0.05, 0) is 51.0 Å². The van der Waals surface area contributed by atoms with E-state index in [9.17, 15) is 13.2 Å². The highest BCUT2D eigenvalue weighted by molar-refractivity contribution is 7.91. The Morgan fingerprint density at radius 1 is 1.36 bits per heavy atom. The van der Waals surface area contributed by atoms with Crippen LogP contribution in [-0.4, -0.2) is 73.4 Å². The van der Waals surface area contributed by atoms with Crippen LogP contribution in [0.25, 0.3) is 0 Å². The Morgan fingerprint density at radius 3 is 2.86 bits per heavy atom. The van der Waals surface area contributed by atoms with E-state index < -0.39 is 9.84 Å². The van der Waals surface area contributed by atoms with Crippen molar-refractivity contribution in [3.8, 4) is 0 Å². The highest BCUT2D eigenvalue weighted by Crippen LogP contribution is 2.39. The van der Waals surface area contributed by atoms with Gasteiger partial charge in [-0.25, -0.2) is 13.1 Å². The third-order valence-electron chi connectivity index (χ3n) is 6.34. The number of rotatable bonds is 4. The molecule has 4 heterocycles. The first-order valence-corrected chi connectivity index (χ1v) is 12.0. The van der Waals surface area contributed by atoms with Crippen LogP contribution in [0.5, 0.6) is 0 Å². The SMILES string of the molecule is Cc1cc(NC(=O)CN2CCCC3(CCOCC3)C2)n(C2CCS(=O)(=O)C2)n1. The molecule has 4 rings (SSSR count). The van der Waals surface area contributed by atoms with Crippen LogP contribution in [0.1, 0.15) is 43.8 Å². The van der Waals surface area contributed by atoms with Crippen molar-refractivity contribution in [2.75, 3.05) is 49.7 Å². The van der Waals surface area contributed by atoms with E-state index in [-0.39, 0.29) is 23.5 Å². The lowest BCUT2D eigenvalue weighted by Gasteiger charge is -2.44. The molecule has 0 radical (unpaired) electrons. The largest absolute Gasteiger partial charge is 0.381 e. The first kappa shape index (κ1) is 19.8. The van der Waals surface area contributed by atoms with E-state index >= 15 is 0 Å². The van der Waals surface area contributed by atoms with Crippen LogP contribution in [-0.2, 0) is 19.4 Å². The summed E-state index contributed by atoms with van der Waals surface area (Å²) >= 11 is 0. The van der Waals surface area contributed by atoms with Crippen molar-refractivity contribution in [3.05, 3.63) is 11.8 Å². The van der Waals surface area contributed by atoms with Crippen molar-refractivity contribution in [2.24, 2.45) is 5.41 Å². The number of likely N-dealkylation sites (tertiary alicyclic amines) is 1. The zero-order valence-electron chi connectivity index (χ0n) is 16.5. The highest BCUT2D eigenvalue weighted by atomic mass is 32.2. The molecule has 3 aliphatic rings. The molecule has 1 amide bonds. The average molecular weight is 411 g/mol. The fraction of sp³-hybridized carbons (Fsp3) is 0.789. The zero-order valence-corrected chi connectivity index (χ0v) is 17.3. The third-order valence-corrected chi connectivity index (χ3v) is 8.09. The summed E-state index contributed by atoms with van der Waals surface area (Å²) in [5, 5.41) is 7.41. The molecule has 3 aliphatic heterocycles. The van der Waals surface area contributed by atoms with Crippen molar-refractivity contribution in [3.63, 3.8) is 0 Å². The minimum Gasteiger partial charge on any atom is -0.381 e. The Hall–Kier alpha value is -1.45. The summed E-state index contributed by atoms with van der Waals surface area (Å²) in [5.41, 5.74) is 1.08. The summed E-state index contributed by atoms with van der Waals surface area (Å²) in [5.74, 6) is 0.811. The smallest absolute Gasteiger partial charge is 0.239 e. The molecule has 1 unspecified atom stereocenters. The van der Waals surface area contributed by atoms with Gasteiger partial charge in [0, 0.05) is 25.8 Å². The lowest BCUT2D eigenvalue weighted by molar-refractivity contribution is -0.118. The number of hydrogen-bond donors (Lipinski definition) is 1. The third kappa shape index (κ3) is 4.41. The Balaban J connectivity index is 1.39. The van der Waals surface area contributed by atoms with Gasteiger partial charge in [-0.15, -0.1) is 0 Å².